The SMILES string of the molecule is Bc1cn2c(Br)cnc2c(NCc2ccc(S(N)(=O)=O)cc2)n1. The molecular formula is C13H13BBrN5O2S. The van der Waals surface area contributed by atoms with Crippen LogP contribution < -0.4 is 16.0 Å². The molecule has 0 unspecified atom stereocenters. The Morgan fingerprint density at radius 2 is 2.00 bits per heavy atom. The minimum atomic E-state index is -3.67. The molecule has 23 heavy (non-hydrogen) atoms. The number of nitrogens with two attached hydrogens (primary N) is 1. The van der Waals surface area contributed by atoms with Crippen LogP contribution in [0.4, 0.5) is 5.82 Å². The molecule has 0 aliphatic carbocycles. The van der Waals surface area contributed by atoms with E-state index in [0.717, 1.165) is 15.8 Å². The van der Waals surface area contributed by atoms with Crippen LogP contribution in [0.5, 0.6) is 0 Å². The summed E-state index contributed by atoms with van der Waals surface area (Å²) in [6, 6.07) is 6.39. The standard InChI is InChI=1S/C13H13BBrN5O2S/c14-10-7-20-11(15)6-18-13(20)12(19-10)17-5-8-1-3-9(4-2-8)23(16,21)22/h1-4,6-7H,5,14H2,(H,17,19)(H2,16,21,22). The molecular weight excluding hydrogens is 381 g/mol. The van der Waals surface area contributed by atoms with Crippen LogP contribution in [0, 0.1) is 0 Å². The van der Waals surface area contributed by atoms with Gasteiger partial charge in [0.15, 0.2) is 19.3 Å². The molecule has 3 rings (SSSR count). The third-order valence-corrected chi connectivity index (χ3v) is 4.80. The Morgan fingerprint density at radius 1 is 1.30 bits per heavy atom. The summed E-state index contributed by atoms with van der Waals surface area (Å²) in [6.45, 7) is 0.488. The van der Waals surface area contributed by atoms with Crippen molar-refractivity contribution in [1.29, 1.82) is 0 Å². The van der Waals surface area contributed by atoms with E-state index in [2.05, 4.69) is 31.2 Å². The van der Waals surface area contributed by atoms with Crippen molar-refractivity contribution >= 4 is 50.9 Å². The summed E-state index contributed by atoms with van der Waals surface area (Å²) in [5.41, 5.74) is 2.47. The molecule has 7 nitrogen and oxygen atoms in total. The van der Waals surface area contributed by atoms with Gasteiger partial charge in [-0.2, -0.15) is 0 Å². The van der Waals surface area contributed by atoms with Crippen LogP contribution in [0.2, 0.25) is 0 Å². The number of hydrogen-bond donors (Lipinski definition) is 2. The van der Waals surface area contributed by atoms with Gasteiger partial charge in [0.2, 0.25) is 10.0 Å². The van der Waals surface area contributed by atoms with Crippen molar-refractivity contribution in [2.45, 2.75) is 11.4 Å². The molecule has 3 aromatic rings. The number of hydrogen-bond acceptors (Lipinski definition) is 5. The van der Waals surface area contributed by atoms with Crippen molar-refractivity contribution in [1.82, 2.24) is 14.4 Å². The molecule has 2 heterocycles. The number of rotatable bonds is 4. The highest BCUT2D eigenvalue weighted by molar-refractivity contribution is 9.10. The van der Waals surface area contributed by atoms with Gasteiger partial charge in [0.05, 0.1) is 11.1 Å². The Labute approximate surface area is 142 Å². The van der Waals surface area contributed by atoms with Crippen LogP contribution >= 0.6 is 15.9 Å². The summed E-state index contributed by atoms with van der Waals surface area (Å²) in [6.07, 6.45) is 3.60. The van der Waals surface area contributed by atoms with Crippen molar-refractivity contribution in [3.63, 3.8) is 0 Å². The molecule has 0 saturated heterocycles. The topological polar surface area (TPSA) is 102 Å². The molecule has 0 fully saturated rings. The zero-order valence-electron chi connectivity index (χ0n) is 12.2. The summed E-state index contributed by atoms with van der Waals surface area (Å²) >= 11 is 3.43. The minimum Gasteiger partial charge on any atom is -0.363 e. The van der Waals surface area contributed by atoms with E-state index in [1.165, 1.54) is 12.1 Å². The van der Waals surface area contributed by atoms with Gasteiger partial charge in [0, 0.05) is 18.3 Å². The number of nitrogens with zero attached hydrogens (tertiary/aromatic N) is 3. The van der Waals surface area contributed by atoms with Crippen molar-refractivity contribution in [3.8, 4) is 0 Å². The molecule has 3 N–H and O–H groups in total. The second-order valence-corrected chi connectivity index (χ2v) is 7.42. The van der Waals surface area contributed by atoms with Crippen LogP contribution in [-0.4, -0.2) is 30.6 Å². The summed E-state index contributed by atoms with van der Waals surface area (Å²) in [5, 5.41) is 8.30. The fraction of sp³-hybridized carbons (Fsp3) is 0.0769. The number of nitrogens with one attached hydrogen (secondary N) is 1. The summed E-state index contributed by atoms with van der Waals surface area (Å²) in [4.78, 5) is 8.86. The maximum absolute atomic E-state index is 11.2. The van der Waals surface area contributed by atoms with Crippen molar-refractivity contribution in [2.24, 2.45) is 5.14 Å². The number of benzene rings is 1. The molecule has 0 radical (unpaired) electrons. The Kier molecular flexibility index (Phi) is 4.13. The van der Waals surface area contributed by atoms with Crippen molar-refractivity contribution in [3.05, 3.63) is 46.8 Å². The smallest absolute Gasteiger partial charge is 0.238 e. The molecule has 10 heteroatoms. The molecule has 0 spiro atoms. The second-order valence-electron chi connectivity index (χ2n) is 5.05. The molecule has 0 amide bonds. The quantitative estimate of drug-likeness (QED) is 0.608. The van der Waals surface area contributed by atoms with Crippen molar-refractivity contribution in [2.75, 3.05) is 5.32 Å². The van der Waals surface area contributed by atoms with Gasteiger partial charge in [-0.1, -0.05) is 12.1 Å². The highest BCUT2D eigenvalue weighted by Crippen LogP contribution is 2.18. The first-order valence-corrected chi connectivity index (χ1v) is 9.04. The Bertz CT molecular complexity index is 972. The first-order valence-electron chi connectivity index (χ1n) is 6.70. The first-order chi connectivity index (χ1) is 10.8. The summed E-state index contributed by atoms with van der Waals surface area (Å²) < 4.78 is 25.2. The molecule has 2 aromatic heterocycles. The zero-order chi connectivity index (χ0) is 16.6. The van der Waals surface area contributed by atoms with Gasteiger partial charge in [0.1, 0.15) is 4.60 Å². The highest BCUT2D eigenvalue weighted by Gasteiger charge is 2.10. The lowest BCUT2D eigenvalue weighted by atomic mass is 10.1. The Morgan fingerprint density at radius 3 is 2.65 bits per heavy atom. The van der Waals surface area contributed by atoms with Crippen LogP contribution in [0.1, 0.15) is 5.56 Å². The molecule has 0 aliphatic heterocycles. The average molecular weight is 394 g/mol. The van der Waals surface area contributed by atoms with Gasteiger partial charge < -0.3 is 5.32 Å². The number of fused-ring (bicyclic) bond motifs is 1. The predicted molar refractivity (Wildman–Crippen MR) is 94.0 cm³/mol. The zero-order valence-corrected chi connectivity index (χ0v) is 14.6. The van der Waals surface area contributed by atoms with Crippen LogP contribution in [0.3, 0.4) is 0 Å². The van der Waals surface area contributed by atoms with E-state index in [9.17, 15) is 8.42 Å². The van der Waals surface area contributed by atoms with Crippen LogP contribution in [0.25, 0.3) is 5.65 Å². The van der Waals surface area contributed by atoms with Gasteiger partial charge in [0.25, 0.3) is 0 Å². The van der Waals surface area contributed by atoms with Gasteiger partial charge >= 0.3 is 0 Å². The lowest BCUT2D eigenvalue weighted by molar-refractivity contribution is 0.598. The molecule has 0 atom stereocenters. The van der Waals surface area contributed by atoms with E-state index < -0.39 is 10.0 Å². The largest absolute Gasteiger partial charge is 0.363 e. The fourth-order valence-corrected chi connectivity index (χ4v) is 3.07. The fourth-order valence-electron chi connectivity index (χ4n) is 2.18. The number of aromatic nitrogens is 3. The number of halogens is 1. The van der Waals surface area contributed by atoms with Crippen LogP contribution in [0.15, 0.2) is 46.2 Å². The van der Waals surface area contributed by atoms with E-state index in [0.29, 0.717) is 18.0 Å². The van der Waals surface area contributed by atoms with Crippen LogP contribution in [-0.2, 0) is 16.6 Å². The maximum atomic E-state index is 11.2. The molecule has 0 aliphatic rings. The Hall–Kier alpha value is -1.91. The van der Waals surface area contributed by atoms with E-state index >= 15 is 0 Å². The van der Waals surface area contributed by atoms with E-state index in [1.54, 1.807) is 18.3 Å². The lowest BCUT2D eigenvalue weighted by Crippen LogP contribution is -2.15. The molecule has 1 aromatic carbocycles. The third kappa shape index (κ3) is 3.38. The summed E-state index contributed by atoms with van der Waals surface area (Å²) in [5.74, 6) is 0.659. The van der Waals surface area contributed by atoms with Gasteiger partial charge in [-0.3, -0.25) is 4.40 Å². The monoisotopic (exact) mass is 393 g/mol. The summed E-state index contributed by atoms with van der Waals surface area (Å²) in [7, 11) is -1.77. The first kappa shape index (κ1) is 16.0. The lowest BCUT2D eigenvalue weighted by Gasteiger charge is -2.09. The van der Waals surface area contributed by atoms with E-state index in [-0.39, 0.29) is 4.90 Å². The van der Waals surface area contributed by atoms with E-state index in [1.807, 2.05) is 18.4 Å². The maximum Gasteiger partial charge on any atom is 0.238 e. The van der Waals surface area contributed by atoms with Crippen molar-refractivity contribution < 1.29 is 8.42 Å². The predicted octanol–water partition coefficient (Wildman–Crippen LogP) is 0.00970. The number of sulfonamides is 1. The van der Waals surface area contributed by atoms with E-state index in [4.69, 9.17) is 5.14 Å². The van der Waals surface area contributed by atoms with Gasteiger partial charge in [-0.05, 0) is 33.6 Å². The second kappa shape index (κ2) is 5.95. The highest BCUT2D eigenvalue weighted by atomic mass is 79.9. The molecule has 118 valence electrons. The normalized spacial score (nSPS) is 11.7. The van der Waals surface area contributed by atoms with Gasteiger partial charge in [-0.15, -0.1) is 0 Å². The van der Waals surface area contributed by atoms with Gasteiger partial charge in [-0.25, -0.2) is 23.5 Å². The average Bonchev–Trinajstić information content (AvgIpc) is 2.86. The molecule has 0 bridgehead atoms. The molecule has 0 saturated carbocycles. The Balaban J connectivity index is 1.84. The third-order valence-electron chi connectivity index (χ3n) is 3.28. The number of imidazole rings is 1. The number of anilines is 1. The minimum absolute atomic E-state index is 0.0921. The number of primary sulfonamides is 1.